The molecule has 0 bridgehead atoms. The van der Waals surface area contributed by atoms with Gasteiger partial charge in [0.1, 0.15) is 0 Å². The number of aromatic amines is 1. The molecule has 2 heterocycles. The number of aryl methyl sites for hydroxylation is 1. The Bertz CT molecular complexity index is 484. The predicted molar refractivity (Wildman–Crippen MR) is 52.8 cm³/mol. The molecular weight excluding hydrogens is 178 g/mol. The monoisotopic (exact) mass is 187 g/mol. The van der Waals surface area contributed by atoms with Crippen LogP contribution < -0.4 is 5.69 Å². The SMILES string of the molecule is Cc1ccncc1-c1cnc(=O)[nH]c1. The minimum Gasteiger partial charge on any atom is -0.312 e. The summed E-state index contributed by atoms with van der Waals surface area (Å²) in [6.45, 7) is 1.99. The molecule has 70 valence electrons. The first-order valence-electron chi connectivity index (χ1n) is 4.23. The van der Waals surface area contributed by atoms with E-state index in [0.717, 1.165) is 16.7 Å². The van der Waals surface area contributed by atoms with Crippen LogP contribution in [0.1, 0.15) is 5.56 Å². The number of H-pyrrole nitrogens is 1. The van der Waals surface area contributed by atoms with E-state index in [9.17, 15) is 4.79 Å². The largest absolute Gasteiger partial charge is 0.344 e. The standard InChI is InChI=1S/C10H9N3O/c1-7-2-3-11-6-9(7)8-4-12-10(14)13-5-8/h2-6H,1H3,(H,12,13,14). The Hall–Kier alpha value is -1.97. The average molecular weight is 187 g/mol. The molecule has 0 saturated carbocycles. The third-order valence-corrected chi connectivity index (χ3v) is 2.02. The molecule has 0 aliphatic rings. The second kappa shape index (κ2) is 3.41. The van der Waals surface area contributed by atoms with Crippen molar-refractivity contribution in [2.45, 2.75) is 6.92 Å². The zero-order chi connectivity index (χ0) is 9.97. The summed E-state index contributed by atoms with van der Waals surface area (Å²) in [4.78, 5) is 21.0. The van der Waals surface area contributed by atoms with Gasteiger partial charge in [0.25, 0.3) is 0 Å². The maximum Gasteiger partial charge on any atom is 0.344 e. The zero-order valence-corrected chi connectivity index (χ0v) is 7.69. The molecule has 2 aromatic heterocycles. The molecule has 2 aromatic rings. The van der Waals surface area contributed by atoms with Crippen LogP contribution in [-0.2, 0) is 0 Å². The van der Waals surface area contributed by atoms with Gasteiger partial charge in [0, 0.05) is 35.9 Å². The Morgan fingerprint density at radius 1 is 1.36 bits per heavy atom. The fourth-order valence-electron chi connectivity index (χ4n) is 1.26. The van der Waals surface area contributed by atoms with Crippen LogP contribution in [0.25, 0.3) is 11.1 Å². The van der Waals surface area contributed by atoms with Crippen molar-refractivity contribution in [1.29, 1.82) is 0 Å². The molecule has 0 aliphatic heterocycles. The Morgan fingerprint density at radius 3 is 2.86 bits per heavy atom. The fourth-order valence-corrected chi connectivity index (χ4v) is 1.26. The minimum absolute atomic E-state index is 0.338. The third kappa shape index (κ3) is 1.54. The van der Waals surface area contributed by atoms with E-state index < -0.39 is 0 Å². The molecule has 0 radical (unpaired) electrons. The highest BCUT2D eigenvalue weighted by Gasteiger charge is 2.01. The van der Waals surface area contributed by atoms with E-state index in [1.54, 1.807) is 24.8 Å². The van der Waals surface area contributed by atoms with Crippen molar-refractivity contribution in [3.05, 3.63) is 46.9 Å². The lowest BCUT2D eigenvalue weighted by Gasteiger charge is -2.02. The molecule has 0 aromatic carbocycles. The molecule has 4 nitrogen and oxygen atoms in total. The minimum atomic E-state index is -0.338. The van der Waals surface area contributed by atoms with Crippen LogP contribution in [0.4, 0.5) is 0 Å². The molecule has 1 N–H and O–H groups in total. The van der Waals surface area contributed by atoms with Crippen molar-refractivity contribution in [3.63, 3.8) is 0 Å². The van der Waals surface area contributed by atoms with Crippen LogP contribution >= 0.6 is 0 Å². The van der Waals surface area contributed by atoms with Gasteiger partial charge in [-0.1, -0.05) is 0 Å². The number of hydrogen-bond acceptors (Lipinski definition) is 3. The van der Waals surface area contributed by atoms with Gasteiger partial charge in [0.2, 0.25) is 0 Å². The number of nitrogens with one attached hydrogen (secondary N) is 1. The van der Waals surface area contributed by atoms with Crippen molar-refractivity contribution in [2.75, 3.05) is 0 Å². The van der Waals surface area contributed by atoms with E-state index in [2.05, 4.69) is 15.0 Å². The smallest absolute Gasteiger partial charge is 0.312 e. The topological polar surface area (TPSA) is 58.6 Å². The van der Waals surface area contributed by atoms with Gasteiger partial charge in [-0.25, -0.2) is 9.78 Å². The second-order valence-electron chi connectivity index (χ2n) is 3.00. The number of hydrogen-bond donors (Lipinski definition) is 1. The van der Waals surface area contributed by atoms with Crippen LogP contribution in [0, 0.1) is 6.92 Å². The van der Waals surface area contributed by atoms with Crippen molar-refractivity contribution in [1.82, 2.24) is 15.0 Å². The third-order valence-electron chi connectivity index (χ3n) is 2.02. The highest BCUT2D eigenvalue weighted by atomic mass is 16.1. The van der Waals surface area contributed by atoms with Gasteiger partial charge in [-0.15, -0.1) is 0 Å². The number of pyridine rings is 1. The first kappa shape index (κ1) is 8.62. The van der Waals surface area contributed by atoms with Crippen LogP contribution in [0.5, 0.6) is 0 Å². The van der Waals surface area contributed by atoms with Gasteiger partial charge in [0.15, 0.2) is 0 Å². The van der Waals surface area contributed by atoms with Crippen LogP contribution in [0.2, 0.25) is 0 Å². The summed E-state index contributed by atoms with van der Waals surface area (Å²) in [6, 6.07) is 1.92. The van der Waals surface area contributed by atoms with Gasteiger partial charge in [-0.05, 0) is 18.6 Å². The summed E-state index contributed by atoms with van der Waals surface area (Å²) in [5.74, 6) is 0. The Morgan fingerprint density at radius 2 is 2.21 bits per heavy atom. The van der Waals surface area contributed by atoms with Crippen molar-refractivity contribution < 1.29 is 0 Å². The summed E-state index contributed by atoms with van der Waals surface area (Å²) in [7, 11) is 0. The van der Waals surface area contributed by atoms with Crippen LogP contribution in [0.15, 0.2) is 35.6 Å². The Kier molecular flexibility index (Phi) is 2.10. The molecule has 0 saturated heterocycles. The first-order valence-corrected chi connectivity index (χ1v) is 4.23. The first-order chi connectivity index (χ1) is 6.77. The van der Waals surface area contributed by atoms with Gasteiger partial charge in [0.05, 0.1) is 0 Å². The molecule has 2 rings (SSSR count). The maximum absolute atomic E-state index is 10.8. The summed E-state index contributed by atoms with van der Waals surface area (Å²) in [5, 5.41) is 0. The van der Waals surface area contributed by atoms with E-state index in [1.807, 2.05) is 13.0 Å². The highest BCUT2D eigenvalue weighted by molar-refractivity contribution is 5.63. The fraction of sp³-hybridized carbons (Fsp3) is 0.100. The summed E-state index contributed by atoms with van der Waals surface area (Å²) in [6.07, 6.45) is 6.67. The summed E-state index contributed by atoms with van der Waals surface area (Å²) < 4.78 is 0. The molecular formula is C10H9N3O. The van der Waals surface area contributed by atoms with E-state index >= 15 is 0 Å². The normalized spacial score (nSPS) is 10.1. The van der Waals surface area contributed by atoms with Gasteiger partial charge < -0.3 is 4.98 Å². The lowest BCUT2D eigenvalue weighted by Crippen LogP contribution is -2.08. The Labute approximate surface area is 80.7 Å². The maximum atomic E-state index is 10.8. The van der Waals surface area contributed by atoms with Gasteiger partial charge in [-0.2, -0.15) is 0 Å². The van der Waals surface area contributed by atoms with Gasteiger partial charge in [-0.3, -0.25) is 4.98 Å². The van der Waals surface area contributed by atoms with Crippen molar-refractivity contribution in [3.8, 4) is 11.1 Å². The van der Waals surface area contributed by atoms with E-state index in [-0.39, 0.29) is 5.69 Å². The molecule has 0 unspecified atom stereocenters. The zero-order valence-electron chi connectivity index (χ0n) is 7.69. The summed E-state index contributed by atoms with van der Waals surface area (Å²) >= 11 is 0. The molecule has 0 spiro atoms. The van der Waals surface area contributed by atoms with Crippen molar-refractivity contribution in [2.24, 2.45) is 0 Å². The average Bonchev–Trinajstić information content (AvgIpc) is 2.20. The molecule has 14 heavy (non-hydrogen) atoms. The van der Waals surface area contributed by atoms with E-state index in [4.69, 9.17) is 0 Å². The molecule has 0 atom stereocenters. The lowest BCUT2D eigenvalue weighted by atomic mass is 10.1. The Balaban J connectivity index is 2.55. The molecule has 0 amide bonds. The van der Waals surface area contributed by atoms with E-state index in [1.165, 1.54) is 0 Å². The molecule has 4 heteroatoms. The lowest BCUT2D eigenvalue weighted by molar-refractivity contribution is 1.08. The second-order valence-corrected chi connectivity index (χ2v) is 3.00. The number of rotatable bonds is 1. The van der Waals surface area contributed by atoms with Crippen LogP contribution in [0.3, 0.4) is 0 Å². The predicted octanol–water partition coefficient (Wildman–Crippen LogP) is 1.14. The van der Waals surface area contributed by atoms with Gasteiger partial charge >= 0.3 is 5.69 Å². The van der Waals surface area contributed by atoms with Crippen LogP contribution in [-0.4, -0.2) is 15.0 Å². The summed E-state index contributed by atoms with van der Waals surface area (Å²) in [5.41, 5.74) is 2.62. The number of nitrogens with zero attached hydrogens (tertiary/aromatic N) is 2. The van der Waals surface area contributed by atoms with Crippen molar-refractivity contribution >= 4 is 0 Å². The molecule has 0 aliphatic carbocycles. The molecule has 0 fully saturated rings. The quantitative estimate of drug-likeness (QED) is 0.728. The highest BCUT2D eigenvalue weighted by Crippen LogP contribution is 2.18. The van der Waals surface area contributed by atoms with E-state index in [0.29, 0.717) is 0 Å². The number of aromatic nitrogens is 3.